The van der Waals surface area contributed by atoms with E-state index in [1.165, 1.54) is 0 Å². The monoisotopic (exact) mass is 216 g/mol. The van der Waals surface area contributed by atoms with E-state index in [0.29, 0.717) is 16.9 Å². The van der Waals surface area contributed by atoms with E-state index in [-0.39, 0.29) is 0 Å². The molecule has 0 saturated carbocycles. The summed E-state index contributed by atoms with van der Waals surface area (Å²) in [6.07, 6.45) is 1.54. The van der Waals surface area contributed by atoms with Gasteiger partial charge in [0.25, 0.3) is 0 Å². The molecule has 3 heteroatoms. The highest BCUT2D eigenvalue weighted by Crippen LogP contribution is 2.30. The third-order valence-corrected chi connectivity index (χ3v) is 2.60. The van der Waals surface area contributed by atoms with E-state index in [9.17, 15) is 9.90 Å². The maximum Gasteiger partial charge on any atom is 0.336 e. The number of carbonyl (C=O) groups is 1. The standard InChI is InChI=1S/C13H12O3/c1-8-5-6-9(2)12(13(14)15)11(8)10-4-3-7-16-10/h3-7H,1-2H3,(H,14,15). The smallest absolute Gasteiger partial charge is 0.336 e. The summed E-state index contributed by atoms with van der Waals surface area (Å²) in [6, 6.07) is 7.24. The second-order valence-corrected chi connectivity index (χ2v) is 3.73. The van der Waals surface area contributed by atoms with Crippen LogP contribution in [-0.4, -0.2) is 11.1 Å². The van der Waals surface area contributed by atoms with Crippen LogP contribution >= 0.6 is 0 Å². The minimum atomic E-state index is -0.924. The molecule has 2 aromatic rings. The van der Waals surface area contributed by atoms with Crippen molar-refractivity contribution < 1.29 is 14.3 Å². The maximum atomic E-state index is 11.2. The number of aryl methyl sites for hydroxylation is 2. The van der Waals surface area contributed by atoms with Gasteiger partial charge >= 0.3 is 5.97 Å². The molecule has 0 aliphatic carbocycles. The van der Waals surface area contributed by atoms with Crippen LogP contribution in [0.25, 0.3) is 11.3 Å². The SMILES string of the molecule is Cc1ccc(C)c(-c2ccco2)c1C(=O)O. The lowest BCUT2D eigenvalue weighted by Gasteiger charge is -2.09. The van der Waals surface area contributed by atoms with Crippen molar-refractivity contribution in [3.05, 3.63) is 47.2 Å². The second-order valence-electron chi connectivity index (χ2n) is 3.73. The van der Waals surface area contributed by atoms with Gasteiger partial charge in [0.05, 0.1) is 11.8 Å². The van der Waals surface area contributed by atoms with Crippen LogP contribution < -0.4 is 0 Å². The third-order valence-electron chi connectivity index (χ3n) is 2.60. The minimum absolute atomic E-state index is 0.315. The molecule has 1 aromatic carbocycles. The van der Waals surface area contributed by atoms with Crippen LogP contribution in [0.1, 0.15) is 21.5 Å². The van der Waals surface area contributed by atoms with Crippen LogP contribution in [0, 0.1) is 13.8 Å². The number of benzene rings is 1. The summed E-state index contributed by atoms with van der Waals surface area (Å²) in [5, 5.41) is 9.23. The molecular weight excluding hydrogens is 204 g/mol. The number of furan rings is 1. The van der Waals surface area contributed by atoms with E-state index in [1.54, 1.807) is 25.3 Å². The topological polar surface area (TPSA) is 50.4 Å². The molecule has 16 heavy (non-hydrogen) atoms. The van der Waals surface area contributed by atoms with Crippen molar-refractivity contribution in [1.29, 1.82) is 0 Å². The van der Waals surface area contributed by atoms with Crippen molar-refractivity contribution in [3.8, 4) is 11.3 Å². The summed E-state index contributed by atoms with van der Waals surface area (Å²) in [5.74, 6) is -0.328. The van der Waals surface area contributed by atoms with Crippen LogP contribution in [-0.2, 0) is 0 Å². The van der Waals surface area contributed by atoms with E-state index in [0.717, 1.165) is 11.1 Å². The zero-order chi connectivity index (χ0) is 11.7. The van der Waals surface area contributed by atoms with Gasteiger partial charge in [0, 0.05) is 5.56 Å². The maximum absolute atomic E-state index is 11.2. The van der Waals surface area contributed by atoms with Crippen molar-refractivity contribution in [2.75, 3.05) is 0 Å². The lowest BCUT2D eigenvalue weighted by Crippen LogP contribution is -2.04. The number of carboxylic acid groups (broad SMARTS) is 1. The second kappa shape index (κ2) is 3.85. The van der Waals surface area contributed by atoms with Gasteiger partial charge in [0.15, 0.2) is 0 Å². The summed E-state index contributed by atoms with van der Waals surface area (Å²) in [4.78, 5) is 11.2. The van der Waals surface area contributed by atoms with Crippen molar-refractivity contribution in [3.63, 3.8) is 0 Å². The van der Waals surface area contributed by atoms with Crippen LogP contribution in [0.5, 0.6) is 0 Å². The first-order valence-electron chi connectivity index (χ1n) is 4.98. The molecular formula is C13H12O3. The molecule has 0 aliphatic heterocycles. The zero-order valence-corrected chi connectivity index (χ0v) is 9.15. The van der Waals surface area contributed by atoms with Gasteiger partial charge in [-0.3, -0.25) is 0 Å². The third kappa shape index (κ3) is 1.60. The molecule has 2 rings (SSSR count). The Morgan fingerprint density at radius 2 is 1.88 bits per heavy atom. The van der Waals surface area contributed by atoms with E-state index in [2.05, 4.69) is 0 Å². The quantitative estimate of drug-likeness (QED) is 0.838. The lowest BCUT2D eigenvalue weighted by molar-refractivity contribution is 0.0696. The molecule has 0 spiro atoms. The van der Waals surface area contributed by atoms with Gasteiger partial charge in [-0.1, -0.05) is 12.1 Å². The molecule has 0 aliphatic rings. The first-order valence-corrected chi connectivity index (χ1v) is 4.98. The number of rotatable bonds is 2. The minimum Gasteiger partial charge on any atom is -0.478 e. The van der Waals surface area contributed by atoms with Crippen LogP contribution in [0.2, 0.25) is 0 Å². The van der Waals surface area contributed by atoms with Gasteiger partial charge in [-0.2, -0.15) is 0 Å². The molecule has 82 valence electrons. The Morgan fingerprint density at radius 1 is 1.19 bits per heavy atom. The molecule has 3 nitrogen and oxygen atoms in total. The predicted octanol–water partition coefficient (Wildman–Crippen LogP) is 3.26. The number of carboxylic acids is 1. The van der Waals surface area contributed by atoms with Gasteiger partial charge in [-0.05, 0) is 37.1 Å². The van der Waals surface area contributed by atoms with E-state index in [4.69, 9.17) is 4.42 Å². The first-order chi connectivity index (χ1) is 7.61. The number of aromatic carboxylic acids is 1. The Labute approximate surface area is 93.3 Å². The van der Waals surface area contributed by atoms with Gasteiger partial charge < -0.3 is 9.52 Å². The van der Waals surface area contributed by atoms with Crippen molar-refractivity contribution >= 4 is 5.97 Å². The molecule has 1 aromatic heterocycles. The number of hydrogen-bond acceptors (Lipinski definition) is 2. The normalized spacial score (nSPS) is 10.4. The molecule has 0 amide bonds. The summed E-state index contributed by atoms with van der Waals surface area (Å²) in [7, 11) is 0. The molecule has 0 fully saturated rings. The fraction of sp³-hybridized carbons (Fsp3) is 0.154. The summed E-state index contributed by atoms with van der Waals surface area (Å²) >= 11 is 0. The van der Waals surface area contributed by atoms with E-state index in [1.807, 2.05) is 19.1 Å². The average molecular weight is 216 g/mol. The van der Waals surface area contributed by atoms with Crippen LogP contribution in [0.4, 0.5) is 0 Å². The van der Waals surface area contributed by atoms with Crippen molar-refractivity contribution in [1.82, 2.24) is 0 Å². The molecule has 0 radical (unpaired) electrons. The molecule has 0 atom stereocenters. The van der Waals surface area contributed by atoms with Crippen LogP contribution in [0.3, 0.4) is 0 Å². The van der Waals surface area contributed by atoms with Crippen molar-refractivity contribution in [2.24, 2.45) is 0 Å². The Hall–Kier alpha value is -2.03. The summed E-state index contributed by atoms with van der Waals surface area (Å²) in [6.45, 7) is 3.67. The van der Waals surface area contributed by atoms with Gasteiger partial charge in [0.2, 0.25) is 0 Å². The van der Waals surface area contributed by atoms with Crippen LogP contribution in [0.15, 0.2) is 34.9 Å². The fourth-order valence-corrected chi connectivity index (χ4v) is 1.82. The zero-order valence-electron chi connectivity index (χ0n) is 9.15. The van der Waals surface area contributed by atoms with Crippen molar-refractivity contribution in [2.45, 2.75) is 13.8 Å². The lowest BCUT2D eigenvalue weighted by atomic mass is 9.95. The van der Waals surface area contributed by atoms with E-state index < -0.39 is 5.97 Å². The highest BCUT2D eigenvalue weighted by Gasteiger charge is 2.18. The van der Waals surface area contributed by atoms with E-state index >= 15 is 0 Å². The Balaban J connectivity index is 2.76. The molecule has 1 N–H and O–H groups in total. The first kappa shape index (κ1) is 10.5. The predicted molar refractivity (Wildman–Crippen MR) is 60.6 cm³/mol. The number of hydrogen-bond donors (Lipinski definition) is 1. The highest BCUT2D eigenvalue weighted by molar-refractivity contribution is 5.97. The average Bonchev–Trinajstić information content (AvgIpc) is 2.73. The Morgan fingerprint density at radius 3 is 2.44 bits per heavy atom. The molecule has 0 unspecified atom stereocenters. The van der Waals surface area contributed by atoms with Gasteiger partial charge in [0.1, 0.15) is 5.76 Å². The summed E-state index contributed by atoms with van der Waals surface area (Å²) in [5.41, 5.74) is 2.62. The summed E-state index contributed by atoms with van der Waals surface area (Å²) < 4.78 is 5.28. The highest BCUT2D eigenvalue weighted by atomic mass is 16.4. The molecule has 0 bridgehead atoms. The fourth-order valence-electron chi connectivity index (χ4n) is 1.82. The Bertz CT molecular complexity index is 524. The molecule has 0 saturated heterocycles. The Kier molecular flexibility index (Phi) is 2.52. The van der Waals surface area contributed by atoms with Gasteiger partial charge in [-0.25, -0.2) is 4.79 Å². The molecule has 1 heterocycles. The largest absolute Gasteiger partial charge is 0.478 e. The van der Waals surface area contributed by atoms with Gasteiger partial charge in [-0.15, -0.1) is 0 Å².